The Morgan fingerprint density at radius 3 is 2.71 bits per heavy atom. The van der Waals surface area contributed by atoms with Gasteiger partial charge in [0.15, 0.2) is 0 Å². The van der Waals surface area contributed by atoms with Gasteiger partial charge >= 0.3 is 0 Å². The third kappa shape index (κ3) is 4.66. The highest BCUT2D eigenvalue weighted by Crippen LogP contribution is 2.23. The predicted molar refractivity (Wildman–Crippen MR) is 73.2 cm³/mol. The first-order valence-corrected chi connectivity index (χ1v) is 6.54. The Balaban J connectivity index is 2.74. The zero-order valence-corrected chi connectivity index (χ0v) is 12.2. The minimum absolute atomic E-state index is 0.304. The van der Waals surface area contributed by atoms with E-state index in [0.717, 1.165) is 23.1 Å². The number of hydrogen-bond acceptors (Lipinski definition) is 3. The van der Waals surface area contributed by atoms with Crippen LogP contribution in [0, 0.1) is 0 Å². The second-order valence-corrected chi connectivity index (χ2v) is 5.19. The minimum atomic E-state index is 0.304. The summed E-state index contributed by atoms with van der Waals surface area (Å²) in [5, 5.41) is 9.50. The van der Waals surface area contributed by atoms with E-state index in [-0.39, 0.29) is 0 Å². The summed E-state index contributed by atoms with van der Waals surface area (Å²) in [6.45, 7) is 6.72. The molecule has 3 nitrogen and oxygen atoms in total. The largest absolute Gasteiger partial charge is 0.508 e. The molecule has 0 atom stereocenters. The lowest BCUT2D eigenvalue weighted by Crippen LogP contribution is -2.33. The molecule has 0 radical (unpaired) electrons. The number of halogens is 1. The van der Waals surface area contributed by atoms with Crippen molar-refractivity contribution in [1.82, 2.24) is 4.90 Å². The molecule has 1 aromatic carbocycles. The molecule has 0 aliphatic rings. The van der Waals surface area contributed by atoms with E-state index in [9.17, 15) is 5.11 Å². The third-order valence-electron chi connectivity index (χ3n) is 2.72. The quantitative estimate of drug-likeness (QED) is 0.877. The van der Waals surface area contributed by atoms with Crippen LogP contribution in [0.4, 0.5) is 0 Å². The number of benzene rings is 1. The standard InChI is InChI=1S/C13H20BrNO2/c1-10(2)15(6-7-17-3)9-11-8-12(16)4-5-13(11)14/h4-5,8,10,16H,6-7,9H2,1-3H3. The van der Waals surface area contributed by atoms with Gasteiger partial charge in [0.05, 0.1) is 6.61 Å². The fourth-order valence-corrected chi connectivity index (χ4v) is 2.00. The van der Waals surface area contributed by atoms with Gasteiger partial charge in [0, 0.05) is 30.7 Å². The molecule has 1 N–H and O–H groups in total. The molecule has 0 heterocycles. The lowest BCUT2D eigenvalue weighted by Gasteiger charge is -2.26. The highest BCUT2D eigenvalue weighted by molar-refractivity contribution is 9.10. The SMILES string of the molecule is COCCN(Cc1cc(O)ccc1Br)C(C)C. The average Bonchev–Trinajstić information content (AvgIpc) is 2.28. The van der Waals surface area contributed by atoms with E-state index < -0.39 is 0 Å². The Morgan fingerprint density at radius 1 is 1.41 bits per heavy atom. The number of hydrogen-bond donors (Lipinski definition) is 1. The second-order valence-electron chi connectivity index (χ2n) is 4.33. The van der Waals surface area contributed by atoms with E-state index in [4.69, 9.17) is 4.74 Å². The highest BCUT2D eigenvalue weighted by atomic mass is 79.9. The second kappa shape index (κ2) is 6.99. The number of aromatic hydroxyl groups is 1. The minimum Gasteiger partial charge on any atom is -0.508 e. The summed E-state index contributed by atoms with van der Waals surface area (Å²) in [7, 11) is 1.71. The van der Waals surface area contributed by atoms with Crippen LogP contribution in [0.1, 0.15) is 19.4 Å². The van der Waals surface area contributed by atoms with Crippen molar-refractivity contribution < 1.29 is 9.84 Å². The van der Waals surface area contributed by atoms with Gasteiger partial charge in [-0.1, -0.05) is 15.9 Å². The van der Waals surface area contributed by atoms with Crippen molar-refractivity contribution in [2.45, 2.75) is 26.4 Å². The van der Waals surface area contributed by atoms with E-state index in [1.54, 1.807) is 19.2 Å². The molecule has 96 valence electrons. The Hall–Kier alpha value is -0.580. The molecular formula is C13H20BrNO2. The van der Waals surface area contributed by atoms with Gasteiger partial charge < -0.3 is 9.84 Å². The van der Waals surface area contributed by atoms with Crippen LogP contribution in [0.2, 0.25) is 0 Å². The number of nitrogens with zero attached hydrogens (tertiary/aromatic N) is 1. The summed E-state index contributed by atoms with van der Waals surface area (Å²) in [4.78, 5) is 2.31. The van der Waals surface area contributed by atoms with Gasteiger partial charge in [0.1, 0.15) is 5.75 Å². The van der Waals surface area contributed by atoms with Gasteiger partial charge in [-0.25, -0.2) is 0 Å². The molecule has 17 heavy (non-hydrogen) atoms. The van der Waals surface area contributed by atoms with Gasteiger partial charge in [-0.2, -0.15) is 0 Å². The molecule has 0 unspecified atom stereocenters. The van der Waals surface area contributed by atoms with Gasteiger partial charge in [0.25, 0.3) is 0 Å². The normalized spacial score (nSPS) is 11.4. The Bertz CT molecular complexity index is 355. The number of phenolic OH excluding ortho intramolecular Hbond substituents is 1. The number of rotatable bonds is 6. The van der Waals surface area contributed by atoms with Crippen molar-refractivity contribution in [3.8, 4) is 5.75 Å². The number of ether oxygens (including phenoxy) is 1. The van der Waals surface area contributed by atoms with Crippen molar-refractivity contribution in [3.63, 3.8) is 0 Å². The van der Waals surface area contributed by atoms with Crippen molar-refractivity contribution in [2.75, 3.05) is 20.3 Å². The molecule has 1 aromatic rings. The summed E-state index contributed by atoms with van der Waals surface area (Å²) in [5.41, 5.74) is 1.09. The molecule has 1 rings (SSSR count). The molecule has 0 saturated carbocycles. The summed E-state index contributed by atoms with van der Waals surface area (Å²) in [6, 6.07) is 5.80. The van der Waals surface area contributed by atoms with Crippen LogP contribution in [0.5, 0.6) is 5.75 Å². The Labute approximate surface area is 112 Å². The van der Waals surface area contributed by atoms with E-state index >= 15 is 0 Å². The molecule has 0 spiro atoms. The van der Waals surface area contributed by atoms with Crippen LogP contribution < -0.4 is 0 Å². The molecule has 0 bridgehead atoms. The lowest BCUT2D eigenvalue weighted by atomic mass is 10.2. The van der Waals surface area contributed by atoms with Crippen molar-refractivity contribution >= 4 is 15.9 Å². The molecule has 4 heteroatoms. The first-order valence-electron chi connectivity index (χ1n) is 5.75. The fourth-order valence-electron chi connectivity index (χ4n) is 1.63. The van der Waals surface area contributed by atoms with Gasteiger partial charge in [-0.15, -0.1) is 0 Å². The molecule has 0 saturated heterocycles. The topological polar surface area (TPSA) is 32.7 Å². The smallest absolute Gasteiger partial charge is 0.115 e. The summed E-state index contributed by atoms with van der Waals surface area (Å²) < 4.78 is 6.14. The van der Waals surface area contributed by atoms with Crippen LogP contribution in [0.25, 0.3) is 0 Å². The maximum Gasteiger partial charge on any atom is 0.115 e. The van der Waals surface area contributed by atoms with Crippen LogP contribution in [0.3, 0.4) is 0 Å². The van der Waals surface area contributed by atoms with E-state index in [1.165, 1.54) is 0 Å². The van der Waals surface area contributed by atoms with Crippen LogP contribution in [-0.4, -0.2) is 36.3 Å². The molecule has 0 fully saturated rings. The molecule has 0 aromatic heterocycles. The van der Waals surface area contributed by atoms with Crippen molar-refractivity contribution in [2.24, 2.45) is 0 Å². The van der Waals surface area contributed by atoms with E-state index in [1.807, 2.05) is 6.07 Å². The van der Waals surface area contributed by atoms with Gasteiger partial charge in [-0.05, 0) is 37.6 Å². The number of phenols is 1. The zero-order valence-electron chi connectivity index (χ0n) is 10.6. The van der Waals surface area contributed by atoms with E-state index in [2.05, 4.69) is 34.7 Å². The fraction of sp³-hybridized carbons (Fsp3) is 0.538. The zero-order chi connectivity index (χ0) is 12.8. The maximum absolute atomic E-state index is 9.50. The van der Waals surface area contributed by atoms with Gasteiger partial charge in [-0.3, -0.25) is 4.90 Å². The monoisotopic (exact) mass is 301 g/mol. The lowest BCUT2D eigenvalue weighted by molar-refractivity contribution is 0.125. The Morgan fingerprint density at radius 2 is 2.12 bits per heavy atom. The van der Waals surface area contributed by atoms with Crippen molar-refractivity contribution in [1.29, 1.82) is 0 Å². The summed E-state index contributed by atoms with van der Waals surface area (Å²) in [6.07, 6.45) is 0. The van der Waals surface area contributed by atoms with Crippen LogP contribution in [0.15, 0.2) is 22.7 Å². The Kier molecular flexibility index (Phi) is 5.95. The first-order chi connectivity index (χ1) is 8.04. The van der Waals surface area contributed by atoms with Crippen LogP contribution >= 0.6 is 15.9 Å². The molecule has 0 amide bonds. The molecule has 0 aliphatic carbocycles. The maximum atomic E-state index is 9.50. The first kappa shape index (κ1) is 14.5. The molecular weight excluding hydrogens is 282 g/mol. The highest BCUT2D eigenvalue weighted by Gasteiger charge is 2.12. The summed E-state index contributed by atoms with van der Waals surface area (Å²) >= 11 is 3.51. The van der Waals surface area contributed by atoms with E-state index in [0.29, 0.717) is 18.4 Å². The molecule has 0 aliphatic heterocycles. The predicted octanol–water partition coefficient (Wildman–Crippen LogP) is 3.01. The van der Waals surface area contributed by atoms with Crippen LogP contribution in [-0.2, 0) is 11.3 Å². The number of methoxy groups -OCH3 is 1. The van der Waals surface area contributed by atoms with Gasteiger partial charge in [0.2, 0.25) is 0 Å². The third-order valence-corrected chi connectivity index (χ3v) is 3.49. The van der Waals surface area contributed by atoms with Crippen molar-refractivity contribution in [3.05, 3.63) is 28.2 Å². The average molecular weight is 302 g/mol. The summed E-state index contributed by atoms with van der Waals surface area (Å²) in [5.74, 6) is 0.304.